The van der Waals surface area contributed by atoms with Gasteiger partial charge in [0.15, 0.2) is 0 Å². The molecular formula is C25H17BrClN3O2S. The van der Waals surface area contributed by atoms with Crippen LogP contribution in [0.25, 0.3) is 0 Å². The summed E-state index contributed by atoms with van der Waals surface area (Å²) < 4.78 is 0.869. The van der Waals surface area contributed by atoms with E-state index in [1.165, 1.54) is 16.7 Å². The molecule has 8 heteroatoms. The van der Waals surface area contributed by atoms with Crippen molar-refractivity contribution in [2.45, 2.75) is 11.7 Å². The molecule has 5 nitrogen and oxygen atoms in total. The zero-order valence-electron chi connectivity index (χ0n) is 17.2. The first-order valence-corrected chi connectivity index (χ1v) is 12.0. The molecule has 164 valence electrons. The Morgan fingerprint density at radius 3 is 2.39 bits per heavy atom. The van der Waals surface area contributed by atoms with Gasteiger partial charge in [0.05, 0.1) is 5.25 Å². The zero-order valence-corrected chi connectivity index (χ0v) is 20.3. The lowest BCUT2D eigenvalue weighted by molar-refractivity contribution is -0.117. The zero-order chi connectivity index (χ0) is 23.4. The standard InChI is InChI=1S/C25H17BrClN3O2S/c26-17-10-12-18(13-11-17)29-23(31)20(15-28)25-30(19-7-2-1-3-8-19)24(32)22(33-25)14-16-6-4-5-9-21(16)27/h1-13,22H,14H2,(H,29,31). The van der Waals surface area contributed by atoms with Gasteiger partial charge in [-0.05, 0) is 54.4 Å². The molecule has 1 saturated heterocycles. The second-order valence-electron chi connectivity index (χ2n) is 7.16. The molecule has 0 bridgehead atoms. The van der Waals surface area contributed by atoms with Crippen molar-refractivity contribution in [3.05, 3.63) is 105 Å². The molecule has 0 saturated carbocycles. The summed E-state index contributed by atoms with van der Waals surface area (Å²) in [6.07, 6.45) is 0.378. The maximum atomic E-state index is 13.5. The molecule has 2 amide bonds. The molecule has 1 aliphatic rings. The van der Waals surface area contributed by atoms with E-state index < -0.39 is 11.2 Å². The summed E-state index contributed by atoms with van der Waals surface area (Å²) in [5, 5.41) is 13.0. The molecule has 1 fully saturated rings. The van der Waals surface area contributed by atoms with E-state index >= 15 is 0 Å². The minimum atomic E-state index is -0.575. The molecule has 1 aliphatic heterocycles. The quantitative estimate of drug-likeness (QED) is 0.312. The number of nitrogens with one attached hydrogen (secondary N) is 1. The minimum absolute atomic E-state index is 0.123. The molecule has 4 rings (SSSR count). The molecular weight excluding hydrogens is 522 g/mol. The Balaban J connectivity index is 1.72. The van der Waals surface area contributed by atoms with Crippen LogP contribution in [0.4, 0.5) is 11.4 Å². The van der Waals surface area contributed by atoms with Gasteiger partial charge >= 0.3 is 0 Å². The summed E-state index contributed by atoms with van der Waals surface area (Å²) in [6, 6.07) is 25.4. The highest BCUT2D eigenvalue weighted by Gasteiger charge is 2.41. The van der Waals surface area contributed by atoms with Gasteiger partial charge in [0.25, 0.3) is 5.91 Å². The molecule has 1 unspecified atom stereocenters. The monoisotopic (exact) mass is 537 g/mol. The normalized spacial score (nSPS) is 16.9. The van der Waals surface area contributed by atoms with Crippen LogP contribution in [0.2, 0.25) is 5.02 Å². The maximum absolute atomic E-state index is 13.5. The van der Waals surface area contributed by atoms with Gasteiger partial charge in [0.2, 0.25) is 5.91 Å². The molecule has 1 heterocycles. The Kier molecular flexibility index (Phi) is 7.19. The van der Waals surface area contributed by atoms with Gasteiger partial charge in [-0.2, -0.15) is 5.26 Å². The van der Waals surface area contributed by atoms with Crippen molar-refractivity contribution < 1.29 is 9.59 Å². The molecule has 0 spiro atoms. The number of anilines is 2. The van der Waals surface area contributed by atoms with Crippen molar-refractivity contribution >= 4 is 62.5 Å². The average Bonchev–Trinajstić information content (AvgIpc) is 3.13. The molecule has 1 atom stereocenters. The Morgan fingerprint density at radius 1 is 1.06 bits per heavy atom. The second-order valence-corrected chi connectivity index (χ2v) is 9.68. The molecule has 0 radical (unpaired) electrons. The van der Waals surface area contributed by atoms with Crippen LogP contribution >= 0.6 is 39.3 Å². The smallest absolute Gasteiger partial charge is 0.269 e. The van der Waals surface area contributed by atoms with Crippen LogP contribution in [-0.2, 0) is 16.0 Å². The molecule has 3 aromatic rings. The van der Waals surface area contributed by atoms with E-state index in [0.29, 0.717) is 27.8 Å². The van der Waals surface area contributed by atoms with Crippen molar-refractivity contribution in [3.8, 4) is 6.07 Å². The van der Waals surface area contributed by atoms with Crippen molar-refractivity contribution in [2.24, 2.45) is 0 Å². The van der Waals surface area contributed by atoms with E-state index in [0.717, 1.165) is 10.0 Å². The molecule has 0 aromatic heterocycles. The van der Waals surface area contributed by atoms with Crippen molar-refractivity contribution in [1.29, 1.82) is 5.26 Å². The third kappa shape index (κ3) is 5.14. The lowest BCUT2D eigenvalue weighted by Crippen LogP contribution is -2.30. The van der Waals surface area contributed by atoms with E-state index in [1.807, 2.05) is 30.3 Å². The van der Waals surface area contributed by atoms with Crippen molar-refractivity contribution in [3.63, 3.8) is 0 Å². The summed E-state index contributed by atoms with van der Waals surface area (Å²) in [6.45, 7) is 0. The number of halogens is 2. The predicted molar refractivity (Wildman–Crippen MR) is 136 cm³/mol. The highest BCUT2D eigenvalue weighted by Crippen LogP contribution is 2.42. The van der Waals surface area contributed by atoms with E-state index in [1.54, 1.807) is 54.6 Å². The van der Waals surface area contributed by atoms with Crippen molar-refractivity contribution in [1.82, 2.24) is 0 Å². The largest absolute Gasteiger partial charge is 0.321 e. The van der Waals surface area contributed by atoms with E-state index in [-0.39, 0.29) is 11.5 Å². The molecule has 3 aromatic carbocycles. The topological polar surface area (TPSA) is 73.2 Å². The first kappa shape index (κ1) is 23.1. The molecule has 0 aliphatic carbocycles. The number of thioether (sulfide) groups is 1. The van der Waals surface area contributed by atoms with Crippen LogP contribution in [0.5, 0.6) is 0 Å². The summed E-state index contributed by atoms with van der Waals surface area (Å²) in [5.74, 6) is -0.778. The van der Waals surface area contributed by atoms with Crippen LogP contribution in [0, 0.1) is 11.3 Å². The van der Waals surface area contributed by atoms with E-state index in [2.05, 4.69) is 21.2 Å². The number of carbonyl (C=O) groups excluding carboxylic acids is 2. The first-order valence-electron chi connectivity index (χ1n) is 9.98. The van der Waals surface area contributed by atoms with Gasteiger partial charge in [-0.3, -0.25) is 14.5 Å². The van der Waals surface area contributed by atoms with E-state index in [4.69, 9.17) is 11.6 Å². The van der Waals surface area contributed by atoms with Gasteiger partial charge in [-0.25, -0.2) is 0 Å². The first-order chi connectivity index (χ1) is 16.0. The SMILES string of the molecule is N#CC(C(=O)Nc1ccc(Br)cc1)=C1SC(Cc2ccccc2Cl)C(=O)N1c1ccccc1. The Bertz CT molecular complexity index is 1270. The lowest BCUT2D eigenvalue weighted by atomic mass is 10.1. The van der Waals surface area contributed by atoms with Crippen molar-refractivity contribution in [2.75, 3.05) is 10.2 Å². The number of hydrogen-bond donors (Lipinski definition) is 1. The van der Waals surface area contributed by atoms with Gasteiger partial charge < -0.3 is 5.32 Å². The summed E-state index contributed by atoms with van der Waals surface area (Å²) in [4.78, 5) is 27.9. The van der Waals surface area contributed by atoms with Crippen LogP contribution in [-0.4, -0.2) is 17.1 Å². The fourth-order valence-corrected chi connectivity index (χ4v) is 5.16. The highest BCUT2D eigenvalue weighted by atomic mass is 79.9. The number of nitrogens with zero attached hydrogens (tertiary/aromatic N) is 2. The fraction of sp³-hybridized carbons (Fsp3) is 0.0800. The average molecular weight is 539 g/mol. The maximum Gasteiger partial charge on any atom is 0.269 e. The summed E-state index contributed by atoms with van der Waals surface area (Å²) in [7, 11) is 0. The number of benzene rings is 3. The van der Waals surface area contributed by atoms with Crippen LogP contribution in [0.15, 0.2) is 93.9 Å². The number of hydrogen-bond acceptors (Lipinski definition) is 4. The second kappa shape index (κ2) is 10.3. The minimum Gasteiger partial charge on any atom is -0.321 e. The molecule has 1 N–H and O–H groups in total. The van der Waals surface area contributed by atoms with Gasteiger partial charge in [0, 0.05) is 20.9 Å². The van der Waals surface area contributed by atoms with Crippen LogP contribution < -0.4 is 10.2 Å². The van der Waals surface area contributed by atoms with Gasteiger partial charge in [0.1, 0.15) is 16.7 Å². The number of rotatable bonds is 5. The highest BCUT2D eigenvalue weighted by molar-refractivity contribution is 9.10. The fourth-order valence-electron chi connectivity index (χ4n) is 3.39. The van der Waals surface area contributed by atoms with E-state index in [9.17, 15) is 14.9 Å². The van der Waals surface area contributed by atoms with Gasteiger partial charge in [-0.15, -0.1) is 0 Å². The number of amides is 2. The van der Waals surface area contributed by atoms with Crippen LogP contribution in [0.3, 0.4) is 0 Å². The van der Waals surface area contributed by atoms with Gasteiger partial charge in [-0.1, -0.05) is 75.7 Å². The summed E-state index contributed by atoms with van der Waals surface area (Å²) >= 11 is 10.9. The summed E-state index contributed by atoms with van der Waals surface area (Å²) in [5.41, 5.74) is 1.85. The molecule has 33 heavy (non-hydrogen) atoms. The number of carbonyl (C=O) groups is 2. The Morgan fingerprint density at radius 2 is 1.73 bits per heavy atom. The van der Waals surface area contributed by atoms with Crippen LogP contribution in [0.1, 0.15) is 5.56 Å². The third-order valence-corrected chi connectivity index (χ3v) is 7.15. The lowest BCUT2D eigenvalue weighted by Gasteiger charge is -2.18. The predicted octanol–water partition coefficient (Wildman–Crippen LogP) is 6.17. The number of nitriles is 1. The Labute approximate surface area is 209 Å². The Hall–Kier alpha value is -3.05. The third-order valence-electron chi connectivity index (χ3n) is 4.99. The number of para-hydroxylation sites is 1.